The number of Topliss-reactive ketones (excluding diaryl/α,β-unsaturated/α-hetero) is 1. The first-order valence-corrected chi connectivity index (χ1v) is 8.28. The molecule has 5 heteroatoms. The summed E-state index contributed by atoms with van der Waals surface area (Å²) >= 11 is 0. The highest BCUT2D eigenvalue weighted by Gasteiger charge is 2.26. The normalized spacial score (nSPS) is 16.8. The first kappa shape index (κ1) is 16.4. The molecule has 1 aromatic heterocycles. The molecule has 0 saturated heterocycles. The van der Waals surface area contributed by atoms with Crippen LogP contribution in [0.3, 0.4) is 0 Å². The third kappa shape index (κ3) is 3.25. The van der Waals surface area contributed by atoms with Gasteiger partial charge in [0.15, 0.2) is 5.78 Å². The molecule has 0 radical (unpaired) electrons. The lowest BCUT2D eigenvalue weighted by Gasteiger charge is -2.16. The van der Waals surface area contributed by atoms with Crippen molar-refractivity contribution in [3.63, 3.8) is 0 Å². The Morgan fingerprint density at radius 1 is 1.29 bits per heavy atom. The zero-order chi connectivity index (χ0) is 17.1. The number of rotatable bonds is 4. The number of hydrogen-bond acceptors (Lipinski definition) is 5. The van der Waals surface area contributed by atoms with Crippen LogP contribution in [0.2, 0.25) is 0 Å². The number of aromatic nitrogens is 1. The van der Waals surface area contributed by atoms with E-state index in [1.54, 1.807) is 20.1 Å². The van der Waals surface area contributed by atoms with Crippen LogP contribution in [0.5, 0.6) is 5.88 Å². The minimum atomic E-state index is -0.294. The minimum Gasteiger partial charge on any atom is -0.481 e. The number of ketones is 1. The van der Waals surface area contributed by atoms with Crippen molar-refractivity contribution in [2.45, 2.75) is 39.0 Å². The van der Waals surface area contributed by atoms with Gasteiger partial charge >= 0.3 is 5.97 Å². The van der Waals surface area contributed by atoms with Crippen molar-refractivity contribution < 1.29 is 19.1 Å². The number of carbonyl (C=O) groups excluding carboxylic acids is 2. The fourth-order valence-corrected chi connectivity index (χ4v) is 3.29. The SMILES string of the molecule is CCOC(=O)CC1=CC2=C(CCCC2=O)Cc2nc(OC)ccc21. The molecule has 1 heterocycles. The molecule has 1 aromatic rings. The highest BCUT2D eigenvalue weighted by atomic mass is 16.5. The van der Waals surface area contributed by atoms with Crippen LogP contribution in [0.15, 0.2) is 29.4 Å². The molecule has 0 bridgehead atoms. The predicted octanol–water partition coefficient (Wildman–Crippen LogP) is 3.03. The minimum absolute atomic E-state index is 0.138. The molecule has 0 aromatic carbocycles. The van der Waals surface area contributed by atoms with Crippen LogP contribution < -0.4 is 4.74 Å². The molecule has 0 N–H and O–H groups in total. The number of hydrogen-bond donors (Lipinski definition) is 0. The second-order valence-electron chi connectivity index (χ2n) is 5.97. The Morgan fingerprint density at radius 3 is 2.88 bits per heavy atom. The predicted molar refractivity (Wildman–Crippen MR) is 89.6 cm³/mol. The van der Waals surface area contributed by atoms with Crippen LogP contribution in [0, 0.1) is 0 Å². The average Bonchev–Trinajstić information content (AvgIpc) is 2.72. The first-order valence-electron chi connectivity index (χ1n) is 8.28. The molecule has 0 atom stereocenters. The second-order valence-corrected chi connectivity index (χ2v) is 5.97. The summed E-state index contributed by atoms with van der Waals surface area (Å²) < 4.78 is 10.3. The van der Waals surface area contributed by atoms with Gasteiger partial charge in [0.2, 0.25) is 5.88 Å². The summed E-state index contributed by atoms with van der Waals surface area (Å²) in [4.78, 5) is 28.9. The van der Waals surface area contributed by atoms with Crippen molar-refractivity contribution in [1.82, 2.24) is 4.98 Å². The maximum atomic E-state index is 12.3. The van der Waals surface area contributed by atoms with E-state index < -0.39 is 0 Å². The highest BCUT2D eigenvalue weighted by molar-refractivity contribution is 6.03. The lowest BCUT2D eigenvalue weighted by atomic mass is 9.88. The quantitative estimate of drug-likeness (QED) is 0.795. The second kappa shape index (κ2) is 6.99. The fraction of sp³-hybridized carbons (Fsp3) is 0.421. The summed E-state index contributed by atoms with van der Waals surface area (Å²) in [6.07, 6.45) is 4.96. The number of methoxy groups -OCH3 is 1. The topological polar surface area (TPSA) is 65.5 Å². The van der Waals surface area contributed by atoms with Crippen LogP contribution in [0.1, 0.15) is 43.9 Å². The van der Waals surface area contributed by atoms with Crippen molar-refractivity contribution in [1.29, 1.82) is 0 Å². The molecular formula is C19H21NO4. The zero-order valence-electron chi connectivity index (χ0n) is 14.1. The summed E-state index contributed by atoms with van der Waals surface area (Å²) in [5, 5.41) is 0. The van der Waals surface area contributed by atoms with Gasteiger partial charge in [0, 0.05) is 30.0 Å². The molecule has 0 saturated carbocycles. The van der Waals surface area contributed by atoms with Gasteiger partial charge in [0.1, 0.15) is 0 Å². The van der Waals surface area contributed by atoms with E-state index in [9.17, 15) is 9.59 Å². The van der Waals surface area contributed by atoms with E-state index in [1.807, 2.05) is 12.1 Å². The Balaban J connectivity index is 2.07. The maximum absolute atomic E-state index is 12.3. The van der Waals surface area contributed by atoms with E-state index in [0.717, 1.165) is 40.8 Å². The molecule has 2 aliphatic carbocycles. The molecule has 126 valence electrons. The van der Waals surface area contributed by atoms with Crippen molar-refractivity contribution >= 4 is 17.3 Å². The largest absolute Gasteiger partial charge is 0.481 e. The van der Waals surface area contributed by atoms with E-state index in [4.69, 9.17) is 9.47 Å². The van der Waals surface area contributed by atoms with Gasteiger partial charge in [0.25, 0.3) is 0 Å². The Morgan fingerprint density at radius 2 is 2.12 bits per heavy atom. The summed E-state index contributed by atoms with van der Waals surface area (Å²) in [5.74, 6) is 0.394. The molecule has 2 aliphatic rings. The van der Waals surface area contributed by atoms with Crippen molar-refractivity contribution in [3.8, 4) is 5.88 Å². The molecule has 0 aliphatic heterocycles. The van der Waals surface area contributed by atoms with Gasteiger partial charge in [-0.05, 0) is 37.5 Å². The van der Waals surface area contributed by atoms with Gasteiger partial charge in [-0.25, -0.2) is 4.98 Å². The number of ether oxygens (including phenoxy) is 2. The van der Waals surface area contributed by atoms with Crippen LogP contribution in [0.25, 0.3) is 5.57 Å². The number of carbonyl (C=O) groups is 2. The van der Waals surface area contributed by atoms with E-state index in [0.29, 0.717) is 25.3 Å². The Kier molecular flexibility index (Phi) is 4.79. The summed E-state index contributed by atoms with van der Waals surface area (Å²) in [5.41, 5.74) is 4.39. The molecule has 0 unspecified atom stereocenters. The van der Waals surface area contributed by atoms with Crippen LogP contribution in [-0.2, 0) is 20.7 Å². The number of allylic oxidation sites excluding steroid dienone is 3. The maximum Gasteiger partial charge on any atom is 0.310 e. The van der Waals surface area contributed by atoms with Crippen LogP contribution in [-0.4, -0.2) is 30.5 Å². The first-order chi connectivity index (χ1) is 11.6. The van der Waals surface area contributed by atoms with Crippen molar-refractivity contribution in [2.24, 2.45) is 0 Å². The number of fused-ring (bicyclic) bond motifs is 1. The smallest absolute Gasteiger partial charge is 0.310 e. The molecule has 0 amide bonds. The van der Waals surface area contributed by atoms with Gasteiger partial charge in [-0.2, -0.15) is 0 Å². The zero-order valence-corrected chi connectivity index (χ0v) is 14.1. The number of esters is 1. The van der Waals surface area contributed by atoms with Gasteiger partial charge in [-0.3, -0.25) is 9.59 Å². The summed E-state index contributed by atoms with van der Waals surface area (Å²) in [6, 6.07) is 3.69. The van der Waals surface area contributed by atoms with Crippen LogP contribution >= 0.6 is 0 Å². The third-order valence-corrected chi connectivity index (χ3v) is 4.41. The lowest BCUT2D eigenvalue weighted by Crippen LogP contribution is -2.11. The van der Waals surface area contributed by atoms with Crippen LogP contribution in [0.4, 0.5) is 0 Å². The van der Waals surface area contributed by atoms with Crippen molar-refractivity contribution in [2.75, 3.05) is 13.7 Å². The van der Waals surface area contributed by atoms with Gasteiger partial charge < -0.3 is 9.47 Å². The molecule has 24 heavy (non-hydrogen) atoms. The standard InChI is InChI=1S/C19H21NO4/c1-3-24-19(22)11-13-9-15-12(5-4-6-17(15)21)10-16-14(13)7-8-18(20-16)23-2/h7-9H,3-6,10-11H2,1-2H3. The molecule has 0 spiro atoms. The van der Waals surface area contributed by atoms with Gasteiger partial charge in [-0.15, -0.1) is 0 Å². The molecule has 5 nitrogen and oxygen atoms in total. The Labute approximate surface area is 141 Å². The average molecular weight is 327 g/mol. The Bertz CT molecular complexity index is 746. The van der Waals surface area contributed by atoms with Crippen molar-refractivity contribution in [3.05, 3.63) is 40.6 Å². The van der Waals surface area contributed by atoms with E-state index >= 15 is 0 Å². The molecule has 0 fully saturated rings. The molecule has 3 rings (SSSR count). The number of nitrogens with zero attached hydrogens (tertiary/aromatic N) is 1. The summed E-state index contributed by atoms with van der Waals surface area (Å²) in [7, 11) is 1.58. The van der Waals surface area contributed by atoms with E-state index in [1.165, 1.54) is 0 Å². The van der Waals surface area contributed by atoms with E-state index in [2.05, 4.69) is 4.98 Å². The van der Waals surface area contributed by atoms with E-state index in [-0.39, 0.29) is 18.2 Å². The highest BCUT2D eigenvalue weighted by Crippen LogP contribution is 2.35. The summed E-state index contributed by atoms with van der Waals surface area (Å²) in [6.45, 7) is 2.12. The fourth-order valence-electron chi connectivity index (χ4n) is 3.29. The molecular weight excluding hydrogens is 306 g/mol. The monoisotopic (exact) mass is 327 g/mol. The number of pyridine rings is 1. The third-order valence-electron chi connectivity index (χ3n) is 4.41. The Hall–Kier alpha value is -2.43. The lowest BCUT2D eigenvalue weighted by molar-refractivity contribution is -0.141. The van der Waals surface area contributed by atoms with Gasteiger partial charge in [0.05, 0.1) is 25.8 Å². The van der Waals surface area contributed by atoms with Gasteiger partial charge in [-0.1, -0.05) is 5.57 Å².